The zero-order valence-corrected chi connectivity index (χ0v) is 16.0. The van der Waals surface area contributed by atoms with Crippen LogP contribution in [0, 0.1) is 0 Å². The van der Waals surface area contributed by atoms with Gasteiger partial charge in [-0.05, 0) is 23.9 Å². The number of halogens is 8. The van der Waals surface area contributed by atoms with Crippen molar-refractivity contribution in [3.63, 3.8) is 0 Å². The maximum absolute atomic E-state index is 12.9. The van der Waals surface area contributed by atoms with E-state index in [0.717, 1.165) is 26.3 Å². The Kier molecular flexibility index (Phi) is 6.31. The molecular formula is C13H8Cl2F6N4O2S. The lowest BCUT2D eigenvalue weighted by Gasteiger charge is -2.21. The number of anilines is 2. The van der Waals surface area contributed by atoms with Crippen molar-refractivity contribution in [3.05, 3.63) is 28.0 Å². The smallest absolute Gasteiger partial charge is 0.452 e. The Morgan fingerprint density at radius 3 is 2.25 bits per heavy atom. The number of alkyl halides is 6. The van der Waals surface area contributed by atoms with Crippen LogP contribution in [0.25, 0.3) is 0 Å². The zero-order chi connectivity index (χ0) is 21.4. The van der Waals surface area contributed by atoms with Crippen LogP contribution in [0.1, 0.15) is 5.82 Å². The van der Waals surface area contributed by atoms with Crippen LogP contribution in [0.4, 0.5) is 42.8 Å². The number of methoxy groups -OCH3 is 1. The van der Waals surface area contributed by atoms with Gasteiger partial charge in [0.15, 0.2) is 0 Å². The number of thioether (sulfide) groups is 1. The molecule has 0 spiro atoms. The van der Waals surface area contributed by atoms with E-state index < -0.39 is 56.3 Å². The first-order valence-corrected chi connectivity index (χ1v) is 8.43. The average molecular weight is 469 g/mol. The quantitative estimate of drug-likeness (QED) is 0.429. The Morgan fingerprint density at radius 2 is 1.79 bits per heavy atom. The molecule has 0 radical (unpaired) electrons. The van der Waals surface area contributed by atoms with Gasteiger partial charge >= 0.3 is 17.8 Å². The molecule has 15 heteroatoms. The molecule has 0 bridgehead atoms. The highest BCUT2D eigenvalue weighted by Crippen LogP contribution is 2.45. The molecule has 0 saturated heterocycles. The lowest BCUT2D eigenvalue weighted by Crippen LogP contribution is -2.28. The first-order valence-electron chi connectivity index (χ1n) is 6.85. The lowest BCUT2D eigenvalue weighted by molar-refractivity contribution is -0.144. The van der Waals surface area contributed by atoms with Gasteiger partial charge in [0.1, 0.15) is 0 Å². The molecule has 0 aliphatic carbocycles. The number of hydrogen-bond donors (Lipinski definition) is 0. The van der Waals surface area contributed by atoms with Gasteiger partial charge in [-0.1, -0.05) is 23.2 Å². The maximum atomic E-state index is 12.9. The first kappa shape index (κ1) is 22.4. The predicted molar refractivity (Wildman–Crippen MR) is 88.9 cm³/mol. The van der Waals surface area contributed by atoms with Crippen molar-refractivity contribution < 1.29 is 35.9 Å². The van der Waals surface area contributed by atoms with Crippen molar-refractivity contribution >= 4 is 52.7 Å². The predicted octanol–water partition coefficient (Wildman–Crippen LogP) is 5.66. The Hall–Kier alpha value is -1.86. The topological polar surface area (TPSA) is 60.2 Å². The van der Waals surface area contributed by atoms with Crippen LogP contribution in [0.5, 0.6) is 0 Å². The molecular weight excluding hydrogens is 461 g/mol. The molecule has 28 heavy (non-hydrogen) atoms. The van der Waals surface area contributed by atoms with Crippen molar-refractivity contribution in [1.29, 1.82) is 0 Å². The fourth-order valence-corrected chi connectivity index (χ4v) is 3.13. The Morgan fingerprint density at radius 1 is 1.18 bits per heavy atom. The first-order chi connectivity index (χ1) is 12.7. The van der Waals surface area contributed by atoms with Gasteiger partial charge in [-0.15, -0.1) is 5.10 Å². The van der Waals surface area contributed by atoms with E-state index >= 15 is 0 Å². The van der Waals surface area contributed by atoms with Gasteiger partial charge in [-0.3, -0.25) is 0 Å². The summed E-state index contributed by atoms with van der Waals surface area (Å²) in [6.07, 6.45) is -6.13. The van der Waals surface area contributed by atoms with E-state index in [9.17, 15) is 31.1 Å². The highest BCUT2D eigenvalue weighted by molar-refractivity contribution is 8.00. The molecule has 2 rings (SSSR count). The largest absolute Gasteiger partial charge is 0.453 e. The van der Waals surface area contributed by atoms with Crippen molar-refractivity contribution in [1.82, 2.24) is 14.8 Å². The van der Waals surface area contributed by atoms with E-state index in [2.05, 4.69) is 14.8 Å². The van der Waals surface area contributed by atoms with E-state index in [1.54, 1.807) is 0 Å². The third-order valence-electron chi connectivity index (χ3n) is 3.02. The summed E-state index contributed by atoms with van der Waals surface area (Å²) >= 11 is 11.2. The molecule has 1 amide bonds. The van der Waals surface area contributed by atoms with Gasteiger partial charge in [-0.2, -0.15) is 31.3 Å². The van der Waals surface area contributed by atoms with Crippen molar-refractivity contribution in [2.45, 2.75) is 16.6 Å². The maximum Gasteiger partial charge on any atom is 0.453 e. The second kappa shape index (κ2) is 7.87. The molecule has 1 aromatic carbocycles. The van der Waals surface area contributed by atoms with Crippen LogP contribution in [0.15, 0.2) is 17.0 Å². The van der Waals surface area contributed by atoms with E-state index in [1.165, 1.54) is 0 Å². The van der Waals surface area contributed by atoms with E-state index in [4.69, 9.17) is 23.2 Å². The van der Waals surface area contributed by atoms with Crippen molar-refractivity contribution in [3.8, 4) is 0 Å². The van der Waals surface area contributed by atoms with Crippen LogP contribution in [0.3, 0.4) is 0 Å². The lowest BCUT2D eigenvalue weighted by atomic mass is 10.3. The molecule has 0 aliphatic rings. The summed E-state index contributed by atoms with van der Waals surface area (Å²) in [7, 11) is 2.00. The Bertz CT molecular complexity index is 902. The normalized spacial score (nSPS) is 12.2. The highest BCUT2D eigenvalue weighted by atomic mass is 35.5. The number of aryl methyl sites for hydroxylation is 1. The van der Waals surface area contributed by atoms with E-state index in [0.29, 0.717) is 9.58 Å². The summed E-state index contributed by atoms with van der Waals surface area (Å²) in [6.45, 7) is 0. The van der Waals surface area contributed by atoms with Crippen molar-refractivity contribution in [2.75, 3.05) is 12.0 Å². The van der Waals surface area contributed by atoms with Crippen LogP contribution >= 0.6 is 35.0 Å². The third kappa shape index (κ3) is 4.94. The summed E-state index contributed by atoms with van der Waals surface area (Å²) in [6, 6.07) is 1.69. The average Bonchev–Trinajstić information content (AvgIpc) is 2.92. The summed E-state index contributed by atoms with van der Waals surface area (Å²) < 4.78 is 81.4. The third-order valence-corrected chi connectivity index (χ3v) is 4.54. The number of rotatable bonds is 3. The second-order valence-corrected chi connectivity index (χ2v) is 6.87. The molecule has 0 atom stereocenters. The molecule has 0 saturated carbocycles. The highest BCUT2D eigenvalue weighted by Gasteiger charge is 2.39. The van der Waals surface area contributed by atoms with Gasteiger partial charge in [0.05, 0.1) is 22.8 Å². The number of carbonyl (C=O) groups excluding carboxylic acids is 1. The minimum atomic E-state index is -4.91. The number of ether oxygens (including phenoxy) is 1. The van der Waals surface area contributed by atoms with Crippen LogP contribution in [-0.2, 0) is 18.0 Å². The molecule has 154 valence electrons. The van der Waals surface area contributed by atoms with Gasteiger partial charge < -0.3 is 4.74 Å². The fraction of sp³-hybridized carbons (Fsp3) is 0.308. The zero-order valence-electron chi connectivity index (χ0n) is 13.7. The molecule has 0 aliphatic heterocycles. The molecule has 1 heterocycles. The van der Waals surface area contributed by atoms with Crippen LogP contribution in [0.2, 0.25) is 10.0 Å². The number of aromatic nitrogens is 3. The standard InChI is InChI=1S/C13H8Cl2F6N4O2S/c1-24-10(22-9(23-24)12(16,17)18)25(11(26)27-2)7-3-6(15)8(4-5(7)14)28-13(19,20)21/h3-4H,1-2H3. The van der Waals surface area contributed by atoms with Gasteiger partial charge in [0, 0.05) is 11.9 Å². The molecule has 0 fully saturated rings. The summed E-state index contributed by atoms with van der Waals surface area (Å²) in [5.41, 5.74) is -5.02. The minimum Gasteiger partial charge on any atom is -0.452 e. The molecule has 0 unspecified atom stereocenters. The van der Waals surface area contributed by atoms with Crippen LogP contribution in [-0.4, -0.2) is 33.5 Å². The van der Waals surface area contributed by atoms with Gasteiger partial charge in [0.2, 0.25) is 5.95 Å². The molecule has 1 aromatic heterocycles. The molecule has 6 nitrogen and oxygen atoms in total. The minimum absolute atomic E-state index is 0.353. The summed E-state index contributed by atoms with van der Waals surface area (Å²) in [4.78, 5) is 15.4. The molecule has 0 N–H and O–H groups in total. The number of hydrogen-bond acceptors (Lipinski definition) is 5. The Labute approximate surface area is 167 Å². The van der Waals surface area contributed by atoms with E-state index in [-0.39, 0.29) is 5.69 Å². The molecule has 2 aromatic rings. The number of carbonyl (C=O) groups is 1. The fourth-order valence-electron chi connectivity index (χ4n) is 1.96. The van der Waals surface area contributed by atoms with Crippen molar-refractivity contribution in [2.24, 2.45) is 7.05 Å². The summed E-state index contributed by atoms with van der Waals surface area (Å²) in [5.74, 6) is -2.20. The summed E-state index contributed by atoms with van der Waals surface area (Å²) in [5, 5.41) is 2.30. The SMILES string of the molecule is COC(=O)N(c1cc(Cl)c(SC(F)(F)F)cc1Cl)c1nc(C(F)(F)F)nn1C. The van der Waals surface area contributed by atoms with E-state index in [1.807, 2.05) is 0 Å². The Balaban J connectivity index is 2.61. The van der Waals surface area contributed by atoms with Gasteiger partial charge in [-0.25, -0.2) is 14.4 Å². The second-order valence-electron chi connectivity index (χ2n) is 4.94. The van der Waals surface area contributed by atoms with Crippen LogP contribution < -0.4 is 4.90 Å². The number of amides is 1. The monoisotopic (exact) mass is 468 g/mol. The van der Waals surface area contributed by atoms with Gasteiger partial charge in [0.25, 0.3) is 5.82 Å². The number of nitrogens with zero attached hydrogens (tertiary/aromatic N) is 4. The number of benzene rings is 1.